The fourth-order valence-corrected chi connectivity index (χ4v) is 2.56. The predicted octanol–water partition coefficient (Wildman–Crippen LogP) is 3.75. The van der Waals surface area contributed by atoms with E-state index in [4.69, 9.17) is 11.6 Å². The van der Waals surface area contributed by atoms with Crippen LogP contribution in [0.4, 0.5) is 8.78 Å². The summed E-state index contributed by atoms with van der Waals surface area (Å²) < 4.78 is 28.8. The third kappa shape index (κ3) is 3.09. The Balaban J connectivity index is 2.39. The monoisotopic (exact) mass is 314 g/mol. The Hall–Kier alpha value is -1.46. The lowest BCUT2D eigenvalue weighted by atomic mass is 9.97. The van der Waals surface area contributed by atoms with E-state index in [0.717, 1.165) is 0 Å². The highest BCUT2D eigenvalue weighted by molar-refractivity contribution is 6.30. The molecule has 0 bridgehead atoms. The van der Waals surface area contributed by atoms with Gasteiger partial charge < -0.3 is 5.11 Å². The lowest BCUT2D eigenvalue weighted by Gasteiger charge is -2.14. The van der Waals surface area contributed by atoms with E-state index < -0.39 is 17.7 Å². The van der Waals surface area contributed by atoms with Gasteiger partial charge in [-0.25, -0.2) is 8.78 Å². The van der Waals surface area contributed by atoms with Crippen LogP contribution in [0.25, 0.3) is 0 Å². The summed E-state index contributed by atoms with van der Waals surface area (Å²) in [6, 6.07) is 3.62. The van der Waals surface area contributed by atoms with Gasteiger partial charge in [-0.05, 0) is 18.1 Å². The van der Waals surface area contributed by atoms with E-state index in [2.05, 4.69) is 5.10 Å². The summed E-state index contributed by atoms with van der Waals surface area (Å²) in [5.74, 6) is -1.32. The maximum absolute atomic E-state index is 13.7. The normalized spacial score (nSPS) is 13.0. The molecular formula is C15H17ClF2N2O. The van der Waals surface area contributed by atoms with Gasteiger partial charge in [-0.2, -0.15) is 5.10 Å². The highest BCUT2D eigenvalue weighted by Crippen LogP contribution is 2.33. The molecule has 2 rings (SSSR count). The first-order valence-electron chi connectivity index (χ1n) is 6.66. The molecule has 21 heavy (non-hydrogen) atoms. The molecule has 2 aromatic rings. The molecule has 1 aromatic carbocycles. The molecule has 0 fully saturated rings. The van der Waals surface area contributed by atoms with Crippen LogP contribution in [-0.4, -0.2) is 14.9 Å². The van der Waals surface area contributed by atoms with Crippen LogP contribution in [0.2, 0.25) is 5.15 Å². The molecule has 1 aromatic heterocycles. The van der Waals surface area contributed by atoms with Gasteiger partial charge in [-0.15, -0.1) is 0 Å². The second-order valence-corrected chi connectivity index (χ2v) is 5.65. The summed E-state index contributed by atoms with van der Waals surface area (Å²) in [5, 5.41) is 14.9. The summed E-state index contributed by atoms with van der Waals surface area (Å²) in [4.78, 5) is 0. The SMILES string of the molecule is CC(C)c1nn(C)c(Cl)c1C(O)Cc1c(F)cccc1F. The quantitative estimate of drug-likeness (QED) is 0.933. The largest absolute Gasteiger partial charge is 0.388 e. The smallest absolute Gasteiger partial charge is 0.132 e. The average Bonchev–Trinajstić information content (AvgIpc) is 2.71. The summed E-state index contributed by atoms with van der Waals surface area (Å²) in [6.45, 7) is 3.83. The van der Waals surface area contributed by atoms with Crippen molar-refractivity contribution in [3.05, 3.63) is 51.8 Å². The van der Waals surface area contributed by atoms with Crippen LogP contribution in [0.3, 0.4) is 0 Å². The van der Waals surface area contributed by atoms with E-state index in [0.29, 0.717) is 11.3 Å². The summed E-state index contributed by atoms with van der Waals surface area (Å²) >= 11 is 6.15. The highest BCUT2D eigenvalue weighted by Gasteiger charge is 2.25. The van der Waals surface area contributed by atoms with Gasteiger partial charge in [-0.3, -0.25) is 4.68 Å². The van der Waals surface area contributed by atoms with Gasteiger partial charge in [0.05, 0.1) is 11.8 Å². The van der Waals surface area contributed by atoms with Crippen molar-refractivity contribution in [3.63, 3.8) is 0 Å². The van der Waals surface area contributed by atoms with Gasteiger partial charge in [0.1, 0.15) is 16.8 Å². The second-order valence-electron chi connectivity index (χ2n) is 5.29. The zero-order valence-corrected chi connectivity index (χ0v) is 12.8. The Labute approximate surface area is 127 Å². The minimum Gasteiger partial charge on any atom is -0.388 e. The fraction of sp³-hybridized carbons (Fsp3) is 0.400. The number of hydrogen-bond acceptors (Lipinski definition) is 2. The van der Waals surface area contributed by atoms with E-state index in [1.54, 1.807) is 7.05 Å². The zero-order valence-electron chi connectivity index (χ0n) is 12.1. The number of rotatable bonds is 4. The second kappa shape index (κ2) is 6.12. The van der Waals surface area contributed by atoms with Crippen molar-refractivity contribution in [2.75, 3.05) is 0 Å². The number of aliphatic hydroxyl groups excluding tert-OH is 1. The zero-order chi connectivity index (χ0) is 15.7. The number of aliphatic hydroxyl groups is 1. The van der Waals surface area contributed by atoms with E-state index >= 15 is 0 Å². The molecule has 0 aliphatic carbocycles. The number of halogens is 3. The first-order chi connectivity index (χ1) is 9.82. The van der Waals surface area contributed by atoms with Gasteiger partial charge in [0.2, 0.25) is 0 Å². The minimum atomic E-state index is -1.12. The molecule has 6 heteroatoms. The maximum atomic E-state index is 13.7. The topological polar surface area (TPSA) is 38.0 Å². The molecule has 1 atom stereocenters. The standard InChI is InChI=1S/C15H17ClF2N2O/c1-8(2)14-13(15(16)20(3)19-14)12(21)7-9-10(17)5-4-6-11(9)18/h4-6,8,12,21H,7H2,1-3H3. The number of hydrogen-bond donors (Lipinski definition) is 1. The van der Waals surface area contributed by atoms with Crippen molar-refractivity contribution in [1.29, 1.82) is 0 Å². The lowest BCUT2D eigenvalue weighted by molar-refractivity contribution is 0.174. The van der Waals surface area contributed by atoms with Gasteiger partial charge >= 0.3 is 0 Å². The number of aryl methyl sites for hydroxylation is 1. The van der Waals surface area contributed by atoms with Gasteiger partial charge in [-0.1, -0.05) is 31.5 Å². The molecule has 0 saturated carbocycles. The molecule has 0 radical (unpaired) electrons. The molecule has 0 spiro atoms. The van der Waals surface area contributed by atoms with E-state index in [1.807, 2.05) is 13.8 Å². The van der Waals surface area contributed by atoms with Crippen molar-refractivity contribution in [2.24, 2.45) is 7.05 Å². The molecule has 0 amide bonds. The Morgan fingerprint density at radius 1 is 1.29 bits per heavy atom. The number of nitrogens with zero attached hydrogens (tertiary/aromatic N) is 2. The third-order valence-corrected chi connectivity index (χ3v) is 3.83. The van der Waals surface area contributed by atoms with Crippen LogP contribution >= 0.6 is 11.6 Å². The molecule has 0 aliphatic rings. The molecule has 0 aliphatic heterocycles. The Morgan fingerprint density at radius 3 is 2.38 bits per heavy atom. The molecule has 114 valence electrons. The average molecular weight is 315 g/mol. The van der Waals surface area contributed by atoms with Crippen LogP contribution < -0.4 is 0 Å². The molecule has 1 heterocycles. The van der Waals surface area contributed by atoms with Crippen molar-refractivity contribution in [3.8, 4) is 0 Å². The summed E-state index contributed by atoms with van der Waals surface area (Å²) in [7, 11) is 1.66. The van der Waals surface area contributed by atoms with Crippen molar-refractivity contribution in [1.82, 2.24) is 9.78 Å². The minimum absolute atomic E-state index is 0.0406. The van der Waals surface area contributed by atoms with Crippen LogP contribution in [-0.2, 0) is 13.5 Å². The van der Waals surface area contributed by atoms with Gasteiger partial charge in [0.25, 0.3) is 0 Å². The lowest BCUT2D eigenvalue weighted by Crippen LogP contribution is -2.08. The predicted molar refractivity (Wildman–Crippen MR) is 77.3 cm³/mol. The number of aromatic nitrogens is 2. The van der Waals surface area contributed by atoms with Gasteiger partial charge in [0, 0.05) is 24.6 Å². The Morgan fingerprint density at radius 2 is 1.86 bits per heavy atom. The van der Waals surface area contributed by atoms with Crippen LogP contribution in [0.1, 0.15) is 42.7 Å². The van der Waals surface area contributed by atoms with E-state index in [-0.39, 0.29) is 23.1 Å². The molecule has 1 unspecified atom stereocenters. The van der Waals surface area contributed by atoms with Gasteiger partial charge in [0.15, 0.2) is 0 Å². The van der Waals surface area contributed by atoms with Crippen LogP contribution in [0, 0.1) is 11.6 Å². The van der Waals surface area contributed by atoms with Crippen LogP contribution in [0.15, 0.2) is 18.2 Å². The van der Waals surface area contributed by atoms with Crippen molar-refractivity contribution < 1.29 is 13.9 Å². The fourth-order valence-electron chi connectivity index (χ4n) is 2.30. The molecular weight excluding hydrogens is 298 g/mol. The van der Waals surface area contributed by atoms with Crippen molar-refractivity contribution in [2.45, 2.75) is 32.3 Å². The maximum Gasteiger partial charge on any atom is 0.132 e. The summed E-state index contributed by atoms with van der Waals surface area (Å²) in [5.41, 5.74) is 0.906. The van der Waals surface area contributed by atoms with E-state index in [1.165, 1.54) is 22.9 Å². The molecule has 0 saturated heterocycles. The molecule has 3 nitrogen and oxygen atoms in total. The Bertz CT molecular complexity index is 635. The Kier molecular flexibility index (Phi) is 4.64. The first-order valence-corrected chi connectivity index (χ1v) is 7.04. The number of benzene rings is 1. The van der Waals surface area contributed by atoms with Crippen LogP contribution in [0.5, 0.6) is 0 Å². The first kappa shape index (κ1) is 15.9. The molecule has 1 N–H and O–H groups in total. The third-order valence-electron chi connectivity index (χ3n) is 3.38. The summed E-state index contributed by atoms with van der Waals surface area (Å²) in [6.07, 6.45) is -1.31. The van der Waals surface area contributed by atoms with E-state index in [9.17, 15) is 13.9 Å². The van der Waals surface area contributed by atoms with Crippen molar-refractivity contribution >= 4 is 11.6 Å². The highest BCUT2D eigenvalue weighted by atomic mass is 35.5.